The van der Waals surface area contributed by atoms with E-state index in [0.29, 0.717) is 17.6 Å². The van der Waals surface area contributed by atoms with Crippen molar-refractivity contribution in [2.75, 3.05) is 13.1 Å². The number of benzene rings is 1. The molecule has 1 saturated heterocycles. The van der Waals surface area contributed by atoms with Crippen LogP contribution in [0.1, 0.15) is 62.5 Å². The molecular weight excluding hydrogens is 298 g/mol. The lowest BCUT2D eigenvalue weighted by Crippen LogP contribution is -2.43. The lowest BCUT2D eigenvalue weighted by Gasteiger charge is -2.50. The maximum atomic E-state index is 10.4. The number of hydrogen-bond donors (Lipinski definition) is 3. The Kier molecular flexibility index (Phi) is 4.34. The van der Waals surface area contributed by atoms with Crippen LogP contribution >= 0.6 is 0 Å². The number of aryl methyl sites for hydroxylation is 1. The first kappa shape index (κ1) is 16.4. The van der Waals surface area contributed by atoms with Gasteiger partial charge in [-0.25, -0.2) is 0 Å². The molecule has 1 aliphatic heterocycles. The molecule has 0 unspecified atom stereocenters. The van der Waals surface area contributed by atoms with Gasteiger partial charge >= 0.3 is 0 Å². The predicted molar refractivity (Wildman–Crippen MR) is 96.2 cm³/mol. The largest absolute Gasteiger partial charge is 0.508 e. The van der Waals surface area contributed by atoms with Gasteiger partial charge in [-0.3, -0.25) is 0 Å². The van der Waals surface area contributed by atoms with E-state index in [0.717, 1.165) is 25.2 Å². The molecule has 1 aromatic carbocycles. The molecule has 3 N–H and O–H groups in total. The van der Waals surface area contributed by atoms with Crippen LogP contribution in [-0.2, 0) is 6.42 Å². The monoisotopic (exact) mass is 329 g/mol. The van der Waals surface area contributed by atoms with Crippen molar-refractivity contribution in [2.45, 2.75) is 63.9 Å². The van der Waals surface area contributed by atoms with Crippen molar-refractivity contribution in [3.63, 3.8) is 0 Å². The van der Waals surface area contributed by atoms with Crippen LogP contribution in [0.15, 0.2) is 18.2 Å². The molecule has 3 heteroatoms. The minimum atomic E-state index is -0.0883. The van der Waals surface area contributed by atoms with E-state index >= 15 is 0 Å². The van der Waals surface area contributed by atoms with Crippen LogP contribution in [-0.4, -0.2) is 29.4 Å². The predicted octanol–water partition coefficient (Wildman–Crippen LogP) is 3.59. The quantitative estimate of drug-likeness (QED) is 0.682. The fourth-order valence-electron chi connectivity index (χ4n) is 5.72. The zero-order valence-electron chi connectivity index (χ0n) is 14.8. The summed E-state index contributed by atoms with van der Waals surface area (Å²) in [5.41, 5.74) is 2.99. The number of phenolic OH excluding ortho intramolecular Hbond substituents is 1. The van der Waals surface area contributed by atoms with Crippen molar-refractivity contribution < 1.29 is 10.2 Å². The number of aliphatic hydroxyl groups is 1. The minimum absolute atomic E-state index is 0.0883. The van der Waals surface area contributed by atoms with Gasteiger partial charge in [-0.15, -0.1) is 0 Å². The molecule has 3 nitrogen and oxygen atoms in total. The maximum Gasteiger partial charge on any atom is 0.115 e. The molecule has 0 aromatic heterocycles. The zero-order chi connectivity index (χ0) is 16.7. The van der Waals surface area contributed by atoms with Crippen molar-refractivity contribution in [3.05, 3.63) is 29.3 Å². The SMILES string of the molecule is C1CNC1.C[C@]12CC[C@@H]3c4ccc(O)cc4CC[C@H]3[C@@H]1CC[C@@H]2O. The van der Waals surface area contributed by atoms with Crippen molar-refractivity contribution in [3.8, 4) is 5.75 Å². The van der Waals surface area contributed by atoms with Gasteiger partial charge in [0.1, 0.15) is 5.75 Å². The second-order valence-corrected chi connectivity index (χ2v) is 8.54. The molecule has 5 atom stereocenters. The molecule has 4 aliphatic rings. The Bertz CT molecular complexity index is 594. The van der Waals surface area contributed by atoms with Crippen molar-refractivity contribution >= 4 is 0 Å². The maximum absolute atomic E-state index is 10.4. The van der Waals surface area contributed by atoms with Crippen LogP contribution in [0.5, 0.6) is 5.75 Å². The van der Waals surface area contributed by atoms with Crippen LogP contribution in [0.2, 0.25) is 0 Å². The normalized spacial score (nSPS) is 39.6. The molecule has 132 valence electrons. The van der Waals surface area contributed by atoms with E-state index in [1.165, 1.54) is 49.9 Å². The van der Waals surface area contributed by atoms with Gasteiger partial charge < -0.3 is 15.5 Å². The summed E-state index contributed by atoms with van der Waals surface area (Å²) in [5, 5.41) is 23.2. The van der Waals surface area contributed by atoms with E-state index in [1.54, 1.807) is 0 Å². The third kappa shape index (κ3) is 2.66. The van der Waals surface area contributed by atoms with Crippen LogP contribution in [0.25, 0.3) is 0 Å². The van der Waals surface area contributed by atoms with Gasteiger partial charge in [0.2, 0.25) is 0 Å². The van der Waals surface area contributed by atoms with E-state index in [1.807, 2.05) is 12.1 Å². The Morgan fingerprint density at radius 1 is 1.12 bits per heavy atom. The fraction of sp³-hybridized carbons (Fsp3) is 0.714. The molecule has 24 heavy (non-hydrogen) atoms. The molecule has 3 fully saturated rings. The first-order valence-electron chi connectivity index (χ1n) is 9.80. The molecule has 1 aromatic rings. The van der Waals surface area contributed by atoms with Gasteiger partial charge in [-0.2, -0.15) is 0 Å². The van der Waals surface area contributed by atoms with Gasteiger partial charge in [0, 0.05) is 0 Å². The van der Waals surface area contributed by atoms with E-state index < -0.39 is 0 Å². The molecule has 1 heterocycles. The van der Waals surface area contributed by atoms with Crippen LogP contribution in [0.3, 0.4) is 0 Å². The first-order valence-corrected chi connectivity index (χ1v) is 9.80. The number of phenols is 1. The van der Waals surface area contributed by atoms with Crippen molar-refractivity contribution in [2.24, 2.45) is 17.3 Å². The summed E-state index contributed by atoms with van der Waals surface area (Å²) in [6.45, 7) is 4.82. The Labute approximate surface area is 145 Å². The second kappa shape index (κ2) is 6.34. The third-order valence-electron chi connectivity index (χ3n) is 7.37. The first-order chi connectivity index (χ1) is 11.6. The van der Waals surface area contributed by atoms with Crippen LogP contribution < -0.4 is 5.32 Å². The molecular formula is C21H31NO2. The molecule has 2 saturated carbocycles. The Morgan fingerprint density at radius 2 is 1.88 bits per heavy atom. The lowest BCUT2D eigenvalue weighted by atomic mass is 9.55. The number of aliphatic hydroxyl groups excluding tert-OH is 1. The number of aromatic hydroxyl groups is 1. The molecule has 0 amide bonds. The number of hydrogen-bond acceptors (Lipinski definition) is 3. The zero-order valence-corrected chi connectivity index (χ0v) is 14.8. The fourth-order valence-corrected chi connectivity index (χ4v) is 5.72. The topological polar surface area (TPSA) is 52.5 Å². The van der Waals surface area contributed by atoms with Crippen molar-refractivity contribution in [1.29, 1.82) is 0 Å². The molecule has 3 aliphatic carbocycles. The number of nitrogens with one attached hydrogen (secondary N) is 1. The van der Waals surface area contributed by atoms with E-state index in [2.05, 4.69) is 18.3 Å². The van der Waals surface area contributed by atoms with Crippen molar-refractivity contribution in [1.82, 2.24) is 5.32 Å². The summed E-state index contributed by atoms with van der Waals surface area (Å²) in [4.78, 5) is 0. The Hall–Kier alpha value is -1.06. The van der Waals surface area contributed by atoms with Crippen LogP contribution in [0, 0.1) is 17.3 Å². The van der Waals surface area contributed by atoms with Gasteiger partial charge in [-0.1, -0.05) is 13.0 Å². The summed E-state index contributed by atoms with van der Waals surface area (Å²) in [6, 6.07) is 5.96. The number of rotatable bonds is 0. The van der Waals surface area contributed by atoms with E-state index in [-0.39, 0.29) is 11.5 Å². The summed E-state index contributed by atoms with van der Waals surface area (Å²) in [5.74, 6) is 2.49. The van der Waals surface area contributed by atoms with E-state index in [4.69, 9.17) is 0 Å². The molecule has 0 spiro atoms. The van der Waals surface area contributed by atoms with Crippen LogP contribution in [0.4, 0.5) is 0 Å². The highest BCUT2D eigenvalue weighted by Crippen LogP contribution is 2.60. The lowest BCUT2D eigenvalue weighted by molar-refractivity contribution is -0.0226. The van der Waals surface area contributed by atoms with Gasteiger partial charge in [0.25, 0.3) is 0 Å². The molecule has 0 radical (unpaired) electrons. The Morgan fingerprint density at radius 3 is 2.58 bits per heavy atom. The smallest absolute Gasteiger partial charge is 0.115 e. The van der Waals surface area contributed by atoms with E-state index in [9.17, 15) is 10.2 Å². The van der Waals surface area contributed by atoms with Gasteiger partial charge in [-0.05, 0) is 104 Å². The summed E-state index contributed by atoms with van der Waals surface area (Å²) in [6.07, 6.45) is 8.17. The van der Waals surface area contributed by atoms with Gasteiger partial charge in [0.05, 0.1) is 6.10 Å². The molecule has 0 bridgehead atoms. The number of fused-ring (bicyclic) bond motifs is 5. The average molecular weight is 329 g/mol. The summed E-state index contributed by atoms with van der Waals surface area (Å²) < 4.78 is 0. The highest BCUT2D eigenvalue weighted by molar-refractivity contribution is 5.40. The summed E-state index contributed by atoms with van der Waals surface area (Å²) >= 11 is 0. The van der Waals surface area contributed by atoms with Gasteiger partial charge in [0.15, 0.2) is 0 Å². The third-order valence-corrected chi connectivity index (χ3v) is 7.37. The highest BCUT2D eigenvalue weighted by Gasteiger charge is 2.54. The minimum Gasteiger partial charge on any atom is -0.508 e. The standard InChI is InChI=1S/C18H24O2.C3H7N/c1-18-9-8-14-13-5-3-12(19)10-11(13)2-4-15(14)16(18)6-7-17(18)20;1-2-4-3-1/h3,5,10,14-17,19-20H,2,4,6-9H2,1H3;4H,1-3H2/t14-,15-,16+,17+,18+;/m1./s1. The highest BCUT2D eigenvalue weighted by atomic mass is 16.3. The summed E-state index contributed by atoms with van der Waals surface area (Å²) in [7, 11) is 0. The average Bonchev–Trinajstić information content (AvgIpc) is 2.81. The Balaban J connectivity index is 0.000000321. The molecule has 5 rings (SSSR count). The second-order valence-electron chi connectivity index (χ2n) is 8.54.